The van der Waals surface area contributed by atoms with Gasteiger partial charge in [-0.1, -0.05) is 5.16 Å². The first kappa shape index (κ1) is 15.1. The van der Waals surface area contributed by atoms with Gasteiger partial charge in [-0.2, -0.15) is 4.98 Å². The van der Waals surface area contributed by atoms with Crippen LogP contribution < -0.4 is 4.72 Å². The molecule has 0 aliphatic heterocycles. The molecule has 0 fully saturated rings. The smallest absolute Gasteiger partial charge is 0.242 e. The van der Waals surface area contributed by atoms with Crippen molar-refractivity contribution in [3.63, 3.8) is 0 Å². The number of hydrogen-bond donors (Lipinski definition) is 2. The summed E-state index contributed by atoms with van der Waals surface area (Å²) in [5, 5.41) is 14.6. The Kier molecular flexibility index (Phi) is 4.53. The van der Waals surface area contributed by atoms with E-state index in [0.717, 1.165) is 0 Å². The fourth-order valence-electron chi connectivity index (χ4n) is 1.77. The topological polar surface area (TPSA) is 105 Å². The molecule has 0 bridgehead atoms. The molecule has 0 saturated carbocycles. The summed E-state index contributed by atoms with van der Waals surface area (Å²) in [4.78, 5) is 4.59. The molecule has 0 spiro atoms. The monoisotopic (exact) mass is 317 g/mol. The zero-order valence-corrected chi connectivity index (χ0v) is 12.7. The Balaban J connectivity index is 2.06. The summed E-state index contributed by atoms with van der Waals surface area (Å²) in [6.07, 6.45) is 0.341. The lowest BCUT2D eigenvalue weighted by Crippen LogP contribution is -2.27. The maximum Gasteiger partial charge on any atom is 0.242 e. The van der Waals surface area contributed by atoms with Gasteiger partial charge in [0.2, 0.25) is 15.9 Å². The molecule has 2 aromatic heterocycles. The Morgan fingerprint density at radius 2 is 2.20 bits per heavy atom. The van der Waals surface area contributed by atoms with Gasteiger partial charge in [-0.25, -0.2) is 13.1 Å². The number of aryl methyl sites for hydroxylation is 2. The first-order chi connectivity index (χ1) is 9.44. The van der Waals surface area contributed by atoms with Crippen molar-refractivity contribution < 1.29 is 18.0 Å². The van der Waals surface area contributed by atoms with Crippen LogP contribution in [0.2, 0.25) is 0 Å². The quantitative estimate of drug-likeness (QED) is 0.815. The van der Waals surface area contributed by atoms with E-state index in [0.29, 0.717) is 28.6 Å². The molecule has 0 radical (unpaired) electrons. The van der Waals surface area contributed by atoms with Gasteiger partial charge in [-0.15, -0.1) is 11.3 Å². The van der Waals surface area contributed by atoms with Crippen LogP contribution in [0.1, 0.15) is 22.2 Å². The molecule has 9 heteroatoms. The third-order valence-corrected chi connectivity index (χ3v) is 5.52. The Morgan fingerprint density at radius 3 is 2.80 bits per heavy atom. The molecule has 2 rings (SSSR count). The number of thiophene rings is 1. The molecule has 0 saturated heterocycles. The minimum Gasteiger partial charge on any atom is -0.391 e. The van der Waals surface area contributed by atoms with Crippen molar-refractivity contribution in [1.82, 2.24) is 14.9 Å². The number of aromatic nitrogens is 2. The lowest BCUT2D eigenvalue weighted by atomic mass is 10.3. The fourth-order valence-corrected chi connectivity index (χ4v) is 4.46. The van der Waals surface area contributed by atoms with Crippen molar-refractivity contribution in [3.8, 4) is 0 Å². The van der Waals surface area contributed by atoms with Gasteiger partial charge < -0.3 is 9.63 Å². The number of rotatable bonds is 6. The molecule has 7 nitrogen and oxygen atoms in total. The van der Waals surface area contributed by atoms with Crippen molar-refractivity contribution in [3.05, 3.63) is 27.5 Å². The molecule has 0 aromatic carbocycles. The van der Waals surface area contributed by atoms with E-state index in [4.69, 9.17) is 4.52 Å². The standard InChI is InChI=1S/C11H15N3O4S2/c1-7-6-19-9(5-15)11(7)20(16,17)12-4-3-10-13-8(2)18-14-10/h6,12,15H,3-5H2,1-2H3. The average molecular weight is 317 g/mol. The first-order valence-corrected chi connectivity index (χ1v) is 8.27. The van der Waals surface area contributed by atoms with Crippen LogP contribution in [-0.2, 0) is 23.1 Å². The Hall–Kier alpha value is -1.29. The number of hydrogen-bond acceptors (Lipinski definition) is 7. The zero-order chi connectivity index (χ0) is 14.8. The summed E-state index contributed by atoms with van der Waals surface area (Å²) in [6.45, 7) is 3.25. The largest absolute Gasteiger partial charge is 0.391 e. The third-order valence-electron chi connectivity index (χ3n) is 2.61. The molecule has 20 heavy (non-hydrogen) atoms. The molecular weight excluding hydrogens is 302 g/mol. The van der Waals surface area contributed by atoms with Crippen LogP contribution in [0.4, 0.5) is 0 Å². The highest BCUT2D eigenvalue weighted by Gasteiger charge is 2.22. The van der Waals surface area contributed by atoms with E-state index in [-0.39, 0.29) is 18.0 Å². The molecule has 2 heterocycles. The Bertz CT molecular complexity index is 690. The van der Waals surface area contributed by atoms with Crippen LogP contribution >= 0.6 is 11.3 Å². The Morgan fingerprint density at radius 1 is 1.45 bits per heavy atom. The van der Waals surface area contributed by atoms with E-state index in [2.05, 4.69) is 14.9 Å². The maximum absolute atomic E-state index is 12.2. The van der Waals surface area contributed by atoms with Gasteiger partial charge in [0.25, 0.3) is 0 Å². The summed E-state index contributed by atoms with van der Waals surface area (Å²) >= 11 is 1.23. The molecular formula is C11H15N3O4S2. The molecule has 2 aromatic rings. The molecule has 0 unspecified atom stereocenters. The van der Waals surface area contributed by atoms with Gasteiger partial charge in [-0.3, -0.25) is 0 Å². The fraction of sp³-hybridized carbons (Fsp3) is 0.455. The van der Waals surface area contributed by atoms with Gasteiger partial charge in [-0.05, 0) is 17.9 Å². The molecule has 0 atom stereocenters. The molecule has 0 aliphatic carbocycles. The highest BCUT2D eigenvalue weighted by atomic mass is 32.2. The van der Waals surface area contributed by atoms with E-state index in [9.17, 15) is 13.5 Å². The van der Waals surface area contributed by atoms with Gasteiger partial charge in [0.15, 0.2) is 5.82 Å². The molecule has 110 valence electrons. The Labute approximate surface area is 120 Å². The average Bonchev–Trinajstić information content (AvgIpc) is 2.95. The van der Waals surface area contributed by atoms with Crippen LogP contribution in [0.15, 0.2) is 14.8 Å². The van der Waals surface area contributed by atoms with E-state index in [1.165, 1.54) is 11.3 Å². The maximum atomic E-state index is 12.2. The lowest BCUT2D eigenvalue weighted by Gasteiger charge is -2.07. The van der Waals surface area contributed by atoms with Crippen molar-refractivity contribution in [2.24, 2.45) is 0 Å². The van der Waals surface area contributed by atoms with Gasteiger partial charge in [0.1, 0.15) is 4.90 Å². The summed E-state index contributed by atoms with van der Waals surface area (Å²) in [5.41, 5.74) is 0.627. The van der Waals surface area contributed by atoms with Crippen LogP contribution in [0.25, 0.3) is 0 Å². The highest BCUT2D eigenvalue weighted by molar-refractivity contribution is 7.89. The van der Waals surface area contributed by atoms with Crippen molar-refractivity contribution in [2.75, 3.05) is 6.54 Å². The first-order valence-electron chi connectivity index (χ1n) is 5.90. The van der Waals surface area contributed by atoms with Crippen LogP contribution in [0.5, 0.6) is 0 Å². The number of sulfonamides is 1. The van der Waals surface area contributed by atoms with Gasteiger partial charge in [0, 0.05) is 19.9 Å². The minimum absolute atomic E-state index is 0.161. The number of aliphatic hydroxyl groups excluding tert-OH is 1. The summed E-state index contributed by atoms with van der Waals surface area (Å²) < 4.78 is 31.7. The lowest BCUT2D eigenvalue weighted by molar-refractivity contribution is 0.282. The molecule has 2 N–H and O–H groups in total. The second kappa shape index (κ2) is 6.00. The van der Waals surface area contributed by atoms with Crippen molar-refractivity contribution in [1.29, 1.82) is 0 Å². The van der Waals surface area contributed by atoms with Crippen molar-refractivity contribution >= 4 is 21.4 Å². The summed E-state index contributed by atoms with van der Waals surface area (Å²) in [5.74, 6) is 0.897. The third kappa shape index (κ3) is 3.23. The minimum atomic E-state index is -3.64. The molecule has 0 aliphatic rings. The number of nitrogens with one attached hydrogen (secondary N) is 1. The van der Waals surface area contributed by atoms with Crippen molar-refractivity contribution in [2.45, 2.75) is 31.8 Å². The van der Waals surface area contributed by atoms with E-state index in [1.807, 2.05) is 0 Å². The van der Waals surface area contributed by atoms with Gasteiger partial charge >= 0.3 is 0 Å². The predicted molar refractivity (Wildman–Crippen MR) is 72.9 cm³/mol. The van der Waals surface area contributed by atoms with Crippen LogP contribution in [-0.4, -0.2) is 30.2 Å². The van der Waals surface area contributed by atoms with E-state index < -0.39 is 10.0 Å². The predicted octanol–water partition coefficient (Wildman–Crippen LogP) is 0.761. The highest BCUT2D eigenvalue weighted by Crippen LogP contribution is 2.26. The van der Waals surface area contributed by atoms with E-state index >= 15 is 0 Å². The van der Waals surface area contributed by atoms with E-state index in [1.54, 1.807) is 19.2 Å². The second-order valence-corrected chi connectivity index (χ2v) is 6.87. The SMILES string of the molecule is Cc1nc(CCNS(=O)(=O)c2c(C)csc2CO)no1. The van der Waals surface area contributed by atoms with Crippen LogP contribution in [0, 0.1) is 13.8 Å². The number of aliphatic hydroxyl groups is 1. The van der Waals surface area contributed by atoms with Gasteiger partial charge in [0.05, 0.1) is 11.5 Å². The van der Waals surface area contributed by atoms with Crippen LogP contribution in [0.3, 0.4) is 0 Å². The second-order valence-electron chi connectivity index (χ2n) is 4.21. The summed E-state index contributed by atoms with van der Waals surface area (Å²) in [7, 11) is -3.64. The normalized spacial score (nSPS) is 11.9. The zero-order valence-electron chi connectivity index (χ0n) is 11.1. The summed E-state index contributed by atoms with van der Waals surface area (Å²) in [6, 6.07) is 0. The number of nitrogens with zero attached hydrogens (tertiary/aromatic N) is 2. The molecule has 0 amide bonds.